The highest BCUT2D eigenvalue weighted by atomic mass is 16.3. The molecule has 1 aromatic heterocycles. The lowest BCUT2D eigenvalue weighted by atomic mass is 10.0. The molecule has 0 spiro atoms. The Kier molecular flexibility index (Phi) is 3.76. The van der Waals surface area contributed by atoms with Gasteiger partial charge in [-0.2, -0.15) is 0 Å². The molecule has 2 heteroatoms. The molecule has 0 aliphatic heterocycles. The molecule has 0 aliphatic carbocycles. The number of hydrogen-bond acceptors (Lipinski definition) is 2. The number of furan rings is 1. The third-order valence-corrected chi connectivity index (χ3v) is 2.79. The number of Topliss-reactive ketones (excluding diaryl/α,β-unsaturated/α-hetero) is 1. The third kappa shape index (κ3) is 3.59. The molecule has 2 nitrogen and oxygen atoms in total. The Bertz CT molecular complexity index is 466. The van der Waals surface area contributed by atoms with Crippen molar-refractivity contribution >= 4 is 5.78 Å². The average Bonchev–Trinajstić information content (AvgIpc) is 2.81. The zero-order valence-corrected chi connectivity index (χ0v) is 9.98. The van der Waals surface area contributed by atoms with Gasteiger partial charge in [0.15, 0.2) is 0 Å². The van der Waals surface area contributed by atoms with Crippen LogP contribution in [0, 0.1) is 6.92 Å². The molecule has 0 unspecified atom stereocenters. The minimum absolute atomic E-state index is 0.256. The average molecular weight is 228 g/mol. The first kappa shape index (κ1) is 11.6. The molecule has 0 N–H and O–H groups in total. The molecule has 0 radical (unpaired) electrons. The van der Waals surface area contributed by atoms with Gasteiger partial charge in [-0.15, -0.1) is 0 Å². The van der Waals surface area contributed by atoms with E-state index in [-0.39, 0.29) is 5.78 Å². The van der Waals surface area contributed by atoms with E-state index >= 15 is 0 Å². The van der Waals surface area contributed by atoms with Crippen molar-refractivity contribution in [3.8, 4) is 0 Å². The summed E-state index contributed by atoms with van der Waals surface area (Å²) < 4.78 is 4.94. The van der Waals surface area contributed by atoms with Crippen LogP contribution in [0.2, 0.25) is 0 Å². The summed E-state index contributed by atoms with van der Waals surface area (Å²) in [6, 6.07) is 10.2. The fraction of sp³-hybridized carbons (Fsp3) is 0.267. The van der Waals surface area contributed by atoms with Crippen LogP contribution in [-0.2, 0) is 17.6 Å². The van der Waals surface area contributed by atoms with E-state index in [9.17, 15) is 4.79 Å². The normalized spacial score (nSPS) is 10.4. The highest BCUT2D eigenvalue weighted by Crippen LogP contribution is 2.08. The van der Waals surface area contributed by atoms with Gasteiger partial charge in [-0.25, -0.2) is 0 Å². The Morgan fingerprint density at radius 3 is 2.53 bits per heavy atom. The Labute approximate surface area is 101 Å². The summed E-state index contributed by atoms with van der Waals surface area (Å²) in [5.74, 6) is 0.256. The standard InChI is InChI=1S/C15H16O2/c1-12-2-4-13(5-3-12)6-7-15(16)10-14-8-9-17-11-14/h2-5,8-9,11H,6-7,10H2,1H3. The van der Waals surface area contributed by atoms with Crippen molar-refractivity contribution in [3.63, 3.8) is 0 Å². The maximum absolute atomic E-state index is 11.7. The number of hydrogen-bond donors (Lipinski definition) is 0. The number of rotatable bonds is 5. The lowest BCUT2D eigenvalue weighted by Gasteiger charge is -2.01. The van der Waals surface area contributed by atoms with Crippen molar-refractivity contribution in [3.05, 3.63) is 59.5 Å². The third-order valence-electron chi connectivity index (χ3n) is 2.79. The van der Waals surface area contributed by atoms with E-state index in [1.54, 1.807) is 12.5 Å². The van der Waals surface area contributed by atoms with Crippen LogP contribution in [0.4, 0.5) is 0 Å². The van der Waals surface area contributed by atoms with Crippen molar-refractivity contribution in [2.75, 3.05) is 0 Å². The van der Waals surface area contributed by atoms with Crippen LogP contribution in [0.3, 0.4) is 0 Å². The van der Waals surface area contributed by atoms with Gasteiger partial charge in [-0.1, -0.05) is 29.8 Å². The Morgan fingerprint density at radius 1 is 1.12 bits per heavy atom. The largest absolute Gasteiger partial charge is 0.472 e. The maximum atomic E-state index is 11.7. The van der Waals surface area contributed by atoms with Gasteiger partial charge in [0.25, 0.3) is 0 Å². The number of carbonyl (C=O) groups excluding carboxylic acids is 1. The predicted octanol–water partition coefficient (Wildman–Crippen LogP) is 3.33. The summed E-state index contributed by atoms with van der Waals surface area (Å²) in [6.45, 7) is 2.06. The molecule has 0 atom stereocenters. The fourth-order valence-electron chi connectivity index (χ4n) is 1.75. The SMILES string of the molecule is Cc1ccc(CCC(=O)Cc2ccoc2)cc1. The van der Waals surface area contributed by atoms with Crippen LogP contribution in [-0.4, -0.2) is 5.78 Å². The monoisotopic (exact) mass is 228 g/mol. The molecule has 0 saturated carbocycles. The summed E-state index contributed by atoms with van der Waals surface area (Å²) in [6.07, 6.45) is 5.11. The Morgan fingerprint density at radius 2 is 1.88 bits per heavy atom. The molecule has 17 heavy (non-hydrogen) atoms. The van der Waals surface area contributed by atoms with Gasteiger partial charge in [-0.3, -0.25) is 4.79 Å². The number of ketones is 1. The van der Waals surface area contributed by atoms with Crippen molar-refractivity contribution in [2.24, 2.45) is 0 Å². The van der Waals surface area contributed by atoms with Crippen molar-refractivity contribution in [1.82, 2.24) is 0 Å². The molecule has 0 aliphatic rings. The van der Waals surface area contributed by atoms with Crippen LogP contribution in [0.25, 0.3) is 0 Å². The number of benzene rings is 1. The molecule has 0 amide bonds. The molecule has 1 aromatic carbocycles. The van der Waals surface area contributed by atoms with Crippen LogP contribution < -0.4 is 0 Å². The van der Waals surface area contributed by atoms with Gasteiger partial charge in [0.05, 0.1) is 12.5 Å². The molecule has 2 rings (SSSR count). The maximum Gasteiger partial charge on any atom is 0.137 e. The molecule has 0 bridgehead atoms. The molecular formula is C15H16O2. The highest BCUT2D eigenvalue weighted by molar-refractivity contribution is 5.80. The van der Waals surface area contributed by atoms with E-state index in [4.69, 9.17) is 4.42 Å². The first-order valence-corrected chi connectivity index (χ1v) is 5.82. The number of carbonyl (C=O) groups is 1. The van der Waals surface area contributed by atoms with Gasteiger partial charge in [0.2, 0.25) is 0 Å². The van der Waals surface area contributed by atoms with Gasteiger partial charge in [0, 0.05) is 12.8 Å². The zero-order valence-electron chi connectivity index (χ0n) is 9.98. The smallest absolute Gasteiger partial charge is 0.137 e. The second kappa shape index (κ2) is 5.48. The Balaban J connectivity index is 1.82. The molecular weight excluding hydrogens is 212 g/mol. The van der Waals surface area contributed by atoms with Crippen molar-refractivity contribution < 1.29 is 9.21 Å². The number of aryl methyl sites for hydroxylation is 2. The summed E-state index contributed by atoms with van der Waals surface area (Å²) in [5.41, 5.74) is 3.42. The fourth-order valence-corrected chi connectivity index (χ4v) is 1.75. The topological polar surface area (TPSA) is 30.2 Å². The molecule has 0 fully saturated rings. The van der Waals surface area contributed by atoms with E-state index in [0.717, 1.165) is 12.0 Å². The van der Waals surface area contributed by atoms with Crippen LogP contribution >= 0.6 is 0 Å². The van der Waals surface area contributed by atoms with Crippen molar-refractivity contribution in [1.29, 1.82) is 0 Å². The van der Waals surface area contributed by atoms with Crippen LogP contribution in [0.1, 0.15) is 23.1 Å². The van der Waals surface area contributed by atoms with E-state index in [1.165, 1.54) is 11.1 Å². The van der Waals surface area contributed by atoms with Crippen molar-refractivity contribution in [2.45, 2.75) is 26.2 Å². The lowest BCUT2D eigenvalue weighted by molar-refractivity contribution is -0.118. The second-order valence-electron chi connectivity index (χ2n) is 4.33. The van der Waals surface area contributed by atoms with Gasteiger partial charge < -0.3 is 4.42 Å². The lowest BCUT2D eigenvalue weighted by Crippen LogP contribution is -2.03. The van der Waals surface area contributed by atoms with E-state index in [2.05, 4.69) is 31.2 Å². The summed E-state index contributed by atoms with van der Waals surface area (Å²) in [7, 11) is 0. The molecule has 0 saturated heterocycles. The first-order chi connectivity index (χ1) is 8.24. The summed E-state index contributed by atoms with van der Waals surface area (Å²) >= 11 is 0. The predicted molar refractivity (Wildman–Crippen MR) is 66.9 cm³/mol. The summed E-state index contributed by atoms with van der Waals surface area (Å²) in [5, 5.41) is 0. The van der Waals surface area contributed by atoms with Gasteiger partial charge in [0.1, 0.15) is 5.78 Å². The highest BCUT2D eigenvalue weighted by Gasteiger charge is 2.05. The Hall–Kier alpha value is -1.83. The minimum atomic E-state index is 0.256. The van der Waals surface area contributed by atoms with Crippen LogP contribution in [0.15, 0.2) is 47.3 Å². The second-order valence-corrected chi connectivity index (χ2v) is 4.33. The molecule has 1 heterocycles. The van der Waals surface area contributed by atoms with E-state index in [0.29, 0.717) is 12.8 Å². The van der Waals surface area contributed by atoms with E-state index in [1.807, 2.05) is 6.07 Å². The van der Waals surface area contributed by atoms with Crippen LogP contribution in [0.5, 0.6) is 0 Å². The van der Waals surface area contributed by atoms with Gasteiger partial charge in [-0.05, 0) is 30.5 Å². The molecule has 88 valence electrons. The minimum Gasteiger partial charge on any atom is -0.472 e. The first-order valence-electron chi connectivity index (χ1n) is 5.82. The quantitative estimate of drug-likeness (QED) is 0.785. The van der Waals surface area contributed by atoms with E-state index < -0.39 is 0 Å². The zero-order chi connectivity index (χ0) is 12.1. The summed E-state index contributed by atoms with van der Waals surface area (Å²) in [4.78, 5) is 11.7. The molecule has 2 aromatic rings. The van der Waals surface area contributed by atoms with Gasteiger partial charge >= 0.3 is 0 Å².